The van der Waals surface area contributed by atoms with E-state index >= 15 is 0 Å². The fourth-order valence-corrected chi connectivity index (χ4v) is 6.59. The quantitative estimate of drug-likeness (QED) is 0.564. The van der Waals surface area contributed by atoms with E-state index in [4.69, 9.17) is 4.74 Å². The standard InChI is InChI=1S/C19H26O2/c1-18(15-7-13-6-14(9-15)10-16(18)8-13)21-17(20)19-4-2-12(11-19)3-5-19/h2,4,12-16H,3,5-11H2,1H3. The molecule has 2 atom stereocenters. The summed E-state index contributed by atoms with van der Waals surface area (Å²) in [6, 6.07) is 0. The number of ether oxygens (including phenoxy) is 1. The summed E-state index contributed by atoms with van der Waals surface area (Å²) in [6.45, 7) is 2.26. The van der Waals surface area contributed by atoms with Crippen LogP contribution < -0.4 is 0 Å². The molecule has 0 aromatic rings. The average molecular weight is 286 g/mol. The van der Waals surface area contributed by atoms with Gasteiger partial charge in [0.15, 0.2) is 0 Å². The molecule has 5 saturated carbocycles. The molecule has 0 radical (unpaired) electrons. The SMILES string of the molecule is CC1(OC(=O)C23C=CC(CC2)C3)C2CC3CC(C2)CC1C3. The van der Waals surface area contributed by atoms with Crippen LogP contribution in [0.25, 0.3) is 0 Å². The second-order valence-corrected chi connectivity index (χ2v) is 8.90. The fourth-order valence-electron chi connectivity index (χ4n) is 6.59. The van der Waals surface area contributed by atoms with E-state index < -0.39 is 0 Å². The maximum absolute atomic E-state index is 12.9. The van der Waals surface area contributed by atoms with Crippen molar-refractivity contribution in [2.45, 2.75) is 63.9 Å². The molecule has 6 aliphatic carbocycles. The number of esters is 1. The molecule has 0 saturated heterocycles. The van der Waals surface area contributed by atoms with E-state index in [2.05, 4.69) is 19.1 Å². The predicted octanol–water partition coefficient (Wildman–Crippen LogP) is 4.10. The zero-order valence-corrected chi connectivity index (χ0v) is 13.0. The second-order valence-electron chi connectivity index (χ2n) is 8.90. The van der Waals surface area contributed by atoms with Crippen LogP contribution in [0.2, 0.25) is 0 Å². The zero-order valence-electron chi connectivity index (χ0n) is 13.0. The molecular formula is C19H26O2. The smallest absolute Gasteiger partial charge is 0.316 e. The third-order valence-corrected chi connectivity index (χ3v) is 7.75. The van der Waals surface area contributed by atoms with Gasteiger partial charge >= 0.3 is 5.97 Å². The number of carbonyl (C=O) groups is 1. The Labute approximate surface area is 127 Å². The molecule has 0 aromatic heterocycles. The van der Waals surface area contributed by atoms with Gasteiger partial charge in [-0.3, -0.25) is 4.79 Å². The molecule has 0 N–H and O–H groups in total. The van der Waals surface area contributed by atoms with Crippen molar-refractivity contribution in [1.29, 1.82) is 0 Å². The normalized spacial score (nSPS) is 56.1. The first-order valence-electron chi connectivity index (χ1n) is 9.00. The first-order valence-corrected chi connectivity index (χ1v) is 9.00. The third kappa shape index (κ3) is 1.62. The van der Waals surface area contributed by atoms with Gasteiger partial charge in [0.1, 0.15) is 5.60 Å². The molecule has 5 fully saturated rings. The molecule has 6 bridgehead atoms. The van der Waals surface area contributed by atoms with E-state index in [1.54, 1.807) is 0 Å². The molecule has 0 spiro atoms. The van der Waals surface area contributed by atoms with Crippen LogP contribution >= 0.6 is 0 Å². The first kappa shape index (κ1) is 12.7. The largest absolute Gasteiger partial charge is 0.458 e. The van der Waals surface area contributed by atoms with Crippen LogP contribution in [-0.2, 0) is 9.53 Å². The Bertz CT molecular complexity index is 492. The van der Waals surface area contributed by atoms with Gasteiger partial charge in [0.2, 0.25) is 0 Å². The van der Waals surface area contributed by atoms with Crippen LogP contribution in [0.5, 0.6) is 0 Å². The molecule has 0 aromatic carbocycles. The molecule has 2 nitrogen and oxygen atoms in total. The lowest BCUT2D eigenvalue weighted by Gasteiger charge is -2.59. The Morgan fingerprint density at radius 3 is 2.24 bits per heavy atom. The number of hydrogen-bond acceptors (Lipinski definition) is 2. The molecule has 2 unspecified atom stereocenters. The maximum Gasteiger partial charge on any atom is 0.316 e. The van der Waals surface area contributed by atoms with Gasteiger partial charge in [-0.25, -0.2) is 0 Å². The molecule has 6 rings (SSSR count). The van der Waals surface area contributed by atoms with E-state index in [0.29, 0.717) is 17.8 Å². The zero-order chi connectivity index (χ0) is 14.2. The summed E-state index contributed by atoms with van der Waals surface area (Å²) < 4.78 is 6.33. The maximum atomic E-state index is 12.9. The summed E-state index contributed by atoms with van der Waals surface area (Å²) in [7, 11) is 0. The summed E-state index contributed by atoms with van der Waals surface area (Å²) in [4.78, 5) is 12.9. The lowest BCUT2D eigenvalue weighted by atomic mass is 9.50. The van der Waals surface area contributed by atoms with Crippen LogP contribution in [0.4, 0.5) is 0 Å². The van der Waals surface area contributed by atoms with Crippen LogP contribution in [0, 0.1) is 35.0 Å². The number of allylic oxidation sites excluding steroid dienone is 1. The Balaban J connectivity index is 1.40. The van der Waals surface area contributed by atoms with Gasteiger partial charge in [-0.1, -0.05) is 12.2 Å². The van der Waals surface area contributed by atoms with Gasteiger partial charge in [0, 0.05) is 0 Å². The van der Waals surface area contributed by atoms with Crippen molar-refractivity contribution in [3.8, 4) is 0 Å². The fraction of sp³-hybridized carbons (Fsp3) is 0.842. The van der Waals surface area contributed by atoms with E-state index in [1.807, 2.05) is 0 Å². The van der Waals surface area contributed by atoms with Crippen molar-refractivity contribution >= 4 is 5.97 Å². The molecule has 0 amide bonds. The summed E-state index contributed by atoms with van der Waals surface area (Å²) in [5.74, 6) is 3.88. The van der Waals surface area contributed by atoms with E-state index in [1.165, 1.54) is 38.5 Å². The van der Waals surface area contributed by atoms with Crippen molar-refractivity contribution in [3.63, 3.8) is 0 Å². The number of fused-ring (bicyclic) bond motifs is 2. The minimum atomic E-state index is -0.248. The molecule has 114 valence electrons. The highest BCUT2D eigenvalue weighted by atomic mass is 16.6. The second kappa shape index (κ2) is 3.94. The van der Waals surface area contributed by atoms with Crippen molar-refractivity contribution < 1.29 is 9.53 Å². The van der Waals surface area contributed by atoms with Crippen LogP contribution in [0.1, 0.15) is 58.3 Å². The lowest BCUT2D eigenvalue weighted by Crippen LogP contribution is -2.58. The van der Waals surface area contributed by atoms with Gasteiger partial charge in [-0.05, 0) is 87.9 Å². The summed E-state index contributed by atoms with van der Waals surface area (Å²) in [5.41, 5.74) is -0.407. The van der Waals surface area contributed by atoms with Crippen molar-refractivity contribution in [1.82, 2.24) is 0 Å². The van der Waals surface area contributed by atoms with E-state index in [9.17, 15) is 4.79 Å². The van der Waals surface area contributed by atoms with Gasteiger partial charge < -0.3 is 4.74 Å². The van der Waals surface area contributed by atoms with Gasteiger partial charge in [-0.15, -0.1) is 0 Å². The van der Waals surface area contributed by atoms with Crippen molar-refractivity contribution in [3.05, 3.63) is 12.2 Å². The minimum Gasteiger partial charge on any atom is -0.458 e. The molecule has 2 heteroatoms. The Morgan fingerprint density at radius 1 is 1.10 bits per heavy atom. The number of hydrogen-bond donors (Lipinski definition) is 0. The highest BCUT2D eigenvalue weighted by molar-refractivity contribution is 5.81. The molecule has 6 aliphatic rings. The van der Waals surface area contributed by atoms with Crippen molar-refractivity contribution in [2.75, 3.05) is 0 Å². The first-order chi connectivity index (χ1) is 10.1. The highest BCUT2D eigenvalue weighted by Gasteiger charge is 2.59. The van der Waals surface area contributed by atoms with Crippen molar-refractivity contribution in [2.24, 2.45) is 35.0 Å². The predicted molar refractivity (Wildman–Crippen MR) is 80.5 cm³/mol. The number of rotatable bonds is 2. The Hall–Kier alpha value is -0.790. The summed E-state index contributed by atoms with van der Waals surface area (Å²) in [5, 5.41) is 0. The summed E-state index contributed by atoms with van der Waals surface area (Å²) >= 11 is 0. The van der Waals surface area contributed by atoms with Gasteiger partial charge in [-0.2, -0.15) is 0 Å². The molecule has 0 heterocycles. The van der Waals surface area contributed by atoms with Crippen LogP contribution in [0.3, 0.4) is 0 Å². The van der Waals surface area contributed by atoms with Gasteiger partial charge in [0.25, 0.3) is 0 Å². The average Bonchev–Trinajstić information content (AvgIpc) is 3.06. The van der Waals surface area contributed by atoms with Crippen LogP contribution in [-0.4, -0.2) is 11.6 Å². The topological polar surface area (TPSA) is 26.3 Å². The van der Waals surface area contributed by atoms with E-state index in [-0.39, 0.29) is 17.0 Å². The highest BCUT2D eigenvalue weighted by Crippen LogP contribution is 2.60. The minimum absolute atomic E-state index is 0.105. The van der Waals surface area contributed by atoms with Gasteiger partial charge in [0.05, 0.1) is 5.41 Å². The third-order valence-electron chi connectivity index (χ3n) is 7.75. The lowest BCUT2D eigenvalue weighted by molar-refractivity contribution is -0.210. The molecule has 21 heavy (non-hydrogen) atoms. The molecular weight excluding hydrogens is 260 g/mol. The van der Waals surface area contributed by atoms with Crippen LogP contribution in [0.15, 0.2) is 12.2 Å². The van der Waals surface area contributed by atoms with E-state index in [0.717, 1.165) is 24.7 Å². The molecule has 0 aliphatic heterocycles. The number of carbonyl (C=O) groups excluding carboxylic acids is 1. The Kier molecular flexibility index (Phi) is 2.39. The Morgan fingerprint density at radius 2 is 1.76 bits per heavy atom. The monoisotopic (exact) mass is 286 g/mol. The summed E-state index contributed by atoms with van der Waals surface area (Å²) in [6.07, 6.45) is 14.3.